The van der Waals surface area contributed by atoms with Gasteiger partial charge in [-0.25, -0.2) is 5.43 Å². The van der Waals surface area contributed by atoms with Crippen LogP contribution in [0.25, 0.3) is 0 Å². The highest BCUT2D eigenvalue weighted by Gasteiger charge is 2.22. The number of carbonyl (C=O) groups is 1. The molecule has 6 heteroatoms. The van der Waals surface area contributed by atoms with Gasteiger partial charge in [-0.1, -0.05) is 6.08 Å². The lowest BCUT2D eigenvalue weighted by molar-refractivity contribution is -0.116. The maximum Gasteiger partial charge on any atom is 0.243 e. The van der Waals surface area contributed by atoms with Gasteiger partial charge in [0.1, 0.15) is 12.5 Å². The van der Waals surface area contributed by atoms with Crippen LogP contribution >= 0.6 is 22.9 Å². The van der Waals surface area contributed by atoms with E-state index in [2.05, 4.69) is 10.8 Å². The van der Waals surface area contributed by atoms with Gasteiger partial charge in [0.2, 0.25) is 5.91 Å². The molecule has 4 nitrogen and oxygen atoms in total. The molecule has 0 bridgehead atoms. The summed E-state index contributed by atoms with van der Waals surface area (Å²) in [6.07, 6.45) is 3.95. The number of halogens is 1. The first-order valence-corrected chi connectivity index (χ1v) is 7.12. The summed E-state index contributed by atoms with van der Waals surface area (Å²) in [7, 11) is 0. The Bertz CT molecular complexity index is 452. The van der Waals surface area contributed by atoms with Crippen LogP contribution in [0.3, 0.4) is 0 Å². The van der Waals surface area contributed by atoms with Crippen LogP contribution in [-0.4, -0.2) is 30.0 Å². The maximum atomic E-state index is 12.0. The molecule has 18 heavy (non-hydrogen) atoms. The van der Waals surface area contributed by atoms with Crippen LogP contribution in [-0.2, 0) is 4.79 Å². The standard InChI is InChI=1S/C12H16ClN3OS/c1-9-7-18-10(2)12(9)16(11(17)6-13)8-15-5-3-4-14-15/h3,5,7,14H,4,6,8H2,1-2H3. The number of hydrazine groups is 1. The molecule has 0 unspecified atom stereocenters. The van der Waals surface area contributed by atoms with Crippen molar-refractivity contribution in [2.24, 2.45) is 0 Å². The van der Waals surface area contributed by atoms with Crippen molar-refractivity contribution in [3.05, 3.63) is 28.1 Å². The molecule has 0 saturated carbocycles. The number of rotatable bonds is 4. The minimum atomic E-state index is -0.0802. The minimum Gasteiger partial charge on any atom is -0.296 e. The van der Waals surface area contributed by atoms with Gasteiger partial charge in [-0.15, -0.1) is 22.9 Å². The van der Waals surface area contributed by atoms with E-state index in [1.165, 1.54) is 0 Å². The number of thiophene rings is 1. The smallest absolute Gasteiger partial charge is 0.243 e. The Kier molecular flexibility index (Phi) is 4.27. The van der Waals surface area contributed by atoms with Crippen LogP contribution in [0.15, 0.2) is 17.7 Å². The average molecular weight is 286 g/mol. The SMILES string of the molecule is Cc1csc(C)c1N(CN1C=CCN1)C(=O)CCl. The minimum absolute atomic E-state index is 0.00766. The van der Waals surface area contributed by atoms with Crippen LogP contribution in [0.5, 0.6) is 0 Å². The Hall–Kier alpha value is -1.04. The van der Waals surface area contributed by atoms with E-state index in [1.807, 2.05) is 31.1 Å². The topological polar surface area (TPSA) is 35.6 Å². The number of aryl methyl sites for hydroxylation is 2. The monoisotopic (exact) mass is 285 g/mol. The number of anilines is 1. The van der Waals surface area contributed by atoms with E-state index in [1.54, 1.807) is 16.2 Å². The molecular weight excluding hydrogens is 270 g/mol. The lowest BCUT2D eigenvalue weighted by atomic mass is 10.2. The second-order valence-electron chi connectivity index (χ2n) is 4.14. The highest BCUT2D eigenvalue weighted by molar-refractivity contribution is 7.10. The van der Waals surface area contributed by atoms with Crippen LogP contribution in [0, 0.1) is 13.8 Å². The zero-order valence-corrected chi connectivity index (χ0v) is 12.0. The quantitative estimate of drug-likeness (QED) is 0.862. The molecule has 98 valence electrons. The van der Waals surface area contributed by atoms with Gasteiger partial charge in [0.15, 0.2) is 0 Å². The van der Waals surface area contributed by atoms with Gasteiger partial charge in [-0.3, -0.25) is 14.7 Å². The van der Waals surface area contributed by atoms with Crippen molar-refractivity contribution < 1.29 is 4.79 Å². The largest absolute Gasteiger partial charge is 0.296 e. The van der Waals surface area contributed by atoms with Gasteiger partial charge in [-0.2, -0.15) is 0 Å². The number of nitrogens with zero attached hydrogens (tertiary/aromatic N) is 2. The maximum absolute atomic E-state index is 12.0. The molecule has 1 aromatic heterocycles. The lowest BCUT2D eigenvalue weighted by Gasteiger charge is -2.28. The highest BCUT2D eigenvalue weighted by atomic mass is 35.5. The first-order valence-electron chi connectivity index (χ1n) is 5.71. The van der Waals surface area contributed by atoms with Crippen molar-refractivity contribution in [3.8, 4) is 0 Å². The Morgan fingerprint density at radius 2 is 2.39 bits per heavy atom. The van der Waals surface area contributed by atoms with Gasteiger partial charge in [0.25, 0.3) is 0 Å². The van der Waals surface area contributed by atoms with Gasteiger partial charge in [0, 0.05) is 17.6 Å². The number of carbonyl (C=O) groups excluding carboxylic acids is 1. The van der Waals surface area contributed by atoms with E-state index in [9.17, 15) is 4.79 Å². The molecule has 0 radical (unpaired) electrons. The Morgan fingerprint density at radius 3 is 2.89 bits per heavy atom. The van der Waals surface area contributed by atoms with Crippen molar-refractivity contribution >= 4 is 34.5 Å². The summed E-state index contributed by atoms with van der Waals surface area (Å²) < 4.78 is 0. The molecule has 1 aromatic rings. The predicted molar refractivity (Wildman–Crippen MR) is 75.8 cm³/mol. The normalized spacial score (nSPS) is 14.3. The molecule has 1 aliphatic rings. The molecule has 2 heterocycles. The van der Waals surface area contributed by atoms with Gasteiger partial charge >= 0.3 is 0 Å². The summed E-state index contributed by atoms with van der Waals surface area (Å²) in [5.74, 6) is -0.0879. The van der Waals surface area contributed by atoms with E-state index >= 15 is 0 Å². The van der Waals surface area contributed by atoms with E-state index in [0.29, 0.717) is 6.67 Å². The van der Waals surface area contributed by atoms with E-state index in [4.69, 9.17) is 11.6 Å². The number of amides is 1. The third-order valence-corrected chi connectivity index (χ3v) is 4.04. The number of nitrogens with one attached hydrogen (secondary N) is 1. The summed E-state index contributed by atoms with van der Waals surface area (Å²) >= 11 is 7.36. The van der Waals surface area contributed by atoms with Crippen LogP contribution in [0.2, 0.25) is 0 Å². The van der Waals surface area contributed by atoms with Crippen LogP contribution in [0.1, 0.15) is 10.4 Å². The summed E-state index contributed by atoms with van der Waals surface area (Å²) in [5.41, 5.74) is 5.25. The number of alkyl halides is 1. The molecule has 1 aliphatic heterocycles. The third-order valence-electron chi connectivity index (χ3n) is 2.80. The van der Waals surface area contributed by atoms with Crippen molar-refractivity contribution in [2.45, 2.75) is 13.8 Å². The van der Waals surface area contributed by atoms with Crippen molar-refractivity contribution in [2.75, 3.05) is 24.0 Å². The number of hydrogen-bond acceptors (Lipinski definition) is 4. The zero-order valence-electron chi connectivity index (χ0n) is 10.4. The summed E-state index contributed by atoms with van der Waals surface area (Å²) in [5, 5.41) is 3.95. The average Bonchev–Trinajstić information content (AvgIpc) is 2.97. The van der Waals surface area contributed by atoms with E-state index in [0.717, 1.165) is 22.7 Å². The number of hydrogen-bond donors (Lipinski definition) is 1. The second-order valence-corrected chi connectivity index (χ2v) is 5.49. The molecule has 0 fully saturated rings. The summed E-state index contributed by atoms with van der Waals surface area (Å²) in [6.45, 7) is 5.31. The molecule has 0 atom stereocenters. The summed E-state index contributed by atoms with van der Waals surface area (Å²) in [4.78, 5) is 14.9. The predicted octanol–water partition coefficient (Wildman–Crippen LogP) is 2.23. The van der Waals surface area contributed by atoms with E-state index in [-0.39, 0.29) is 11.8 Å². The molecule has 1 amide bonds. The fourth-order valence-electron chi connectivity index (χ4n) is 1.97. The molecule has 0 aromatic carbocycles. The van der Waals surface area contributed by atoms with Gasteiger partial charge in [-0.05, 0) is 24.8 Å². The van der Waals surface area contributed by atoms with E-state index < -0.39 is 0 Å². The van der Waals surface area contributed by atoms with Crippen molar-refractivity contribution in [1.82, 2.24) is 10.4 Å². The molecule has 1 N–H and O–H groups in total. The van der Waals surface area contributed by atoms with Crippen LogP contribution < -0.4 is 10.3 Å². The fraction of sp³-hybridized carbons (Fsp3) is 0.417. The second kappa shape index (κ2) is 5.73. The van der Waals surface area contributed by atoms with Gasteiger partial charge in [0.05, 0.1) is 5.69 Å². The Labute approximate surface area is 116 Å². The third kappa shape index (κ3) is 2.68. The first-order chi connectivity index (χ1) is 8.63. The molecule has 0 saturated heterocycles. The first kappa shape index (κ1) is 13.4. The Morgan fingerprint density at radius 1 is 1.61 bits per heavy atom. The molecule has 2 rings (SSSR count). The molecule has 0 spiro atoms. The highest BCUT2D eigenvalue weighted by Crippen LogP contribution is 2.30. The van der Waals surface area contributed by atoms with Gasteiger partial charge < -0.3 is 0 Å². The fourth-order valence-corrected chi connectivity index (χ4v) is 2.96. The molecular formula is C12H16ClN3OS. The Balaban J connectivity index is 2.24. The van der Waals surface area contributed by atoms with Crippen LogP contribution in [0.4, 0.5) is 5.69 Å². The summed E-state index contributed by atoms with van der Waals surface area (Å²) in [6, 6.07) is 0. The zero-order chi connectivity index (χ0) is 13.1. The van der Waals surface area contributed by atoms with Crippen molar-refractivity contribution in [1.29, 1.82) is 0 Å². The molecule has 0 aliphatic carbocycles. The van der Waals surface area contributed by atoms with Crippen molar-refractivity contribution in [3.63, 3.8) is 0 Å². The lowest BCUT2D eigenvalue weighted by Crippen LogP contribution is -2.44.